The van der Waals surface area contributed by atoms with Crippen molar-refractivity contribution >= 4 is 21.4 Å². The minimum atomic E-state index is -3.38. The molecular weight excluding hydrogens is 304 g/mol. The van der Waals surface area contributed by atoms with E-state index in [4.69, 9.17) is 0 Å². The fourth-order valence-corrected chi connectivity index (χ4v) is 4.50. The highest BCUT2D eigenvalue weighted by Gasteiger charge is 2.18. The van der Waals surface area contributed by atoms with Crippen molar-refractivity contribution in [2.24, 2.45) is 0 Å². The zero-order valence-electron chi connectivity index (χ0n) is 13.5. The molecule has 0 saturated heterocycles. The summed E-state index contributed by atoms with van der Waals surface area (Å²) in [4.78, 5) is 1.43. The van der Waals surface area contributed by atoms with Crippen molar-refractivity contribution < 1.29 is 8.42 Å². The third-order valence-electron chi connectivity index (χ3n) is 3.22. The van der Waals surface area contributed by atoms with E-state index < -0.39 is 10.0 Å². The summed E-state index contributed by atoms with van der Waals surface area (Å²) >= 11 is 1.49. The first kappa shape index (κ1) is 18.6. The summed E-state index contributed by atoms with van der Waals surface area (Å²) in [6, 6.07) is 2.14. The van der Waals surface area contributed by atoms with Crippen LogP contribution in [0.25, 0.3) is 0 Å². The highest BCUT2D eigenvalue weighted by atomic mass is 32.2. The highest BCUT2D eigenvalue weighted by Crippen LogP contribution is 2.20. The molecule has 1 heterocycles. The van der Waals surface area contributed by atoms with Crippen LogP contribution in [0.3, 0.4) is 0 Å². The van der Waals surface area contributed by atoms with Crippen molar-refractivity contribution in [1.82, 2.24) is 10.0 Å². The molecule has 0 aliphatic carbocycles. The Morgan fingerprint density at radius 2 is 1.95 bits per heavy atom. The lowest BCUT2D eigenvalue weighted by Crippen LogP contribution is -2.32. The standard InChI is InChI=1S/C15H28N2O2S2/c1-5-6-7-8-13(4)17-21(18,19)15-9-14(20-11-15)10-16-12(2)3/h9,11-13,16-17H,5-8,10H2,1-4H3. The van der Waals surface area contributed by atoms with Gasteiger partial charge in [0.05, 0.1) is 4.90 Å². The Bertz CT molecular complexity index is 509. The van der Waals surface area contributed by atoms with Gasteiger partial charge < -0.3 is 5.32 Å². The van der Waals surface area contributed by atoms with Crippen LogP contribution >= 0.6 is 11.3 Å². The largest absolute Gasteiger partial charge is 0.310 e. The average molecular weight is 333 g/mol. The molecule has 1 aromatic heterocycles. The normalized spacial score (nSPS) is 13.8. The lowest BCUT2D eigenvalue weighted by molar-refractivity contribution is 0.527. The van der Waals surface area contributed by atoms with Crippen LogP contribution in [0.2, 0.25) is 0 Å². The number of rotatable bonds is 10. The molecule has 122 valence electrons. The smallest absolute Gasteiger partial charge is 0.241 e. The Balaban J connectivity index is 2.57. The van der Waals surface area contributed by atoms with E-state index >= 15 is 0 Å². The molecule has 1 aromatic rings. The zero-order valence-corrected chi connectivity index (χ0v) is 15.1. The van der Waals surface area contributed by atoms with Crippen LogP contribution in [-0.2, 0) is 16.6 Å². The topological polar surface area (TPSA) is 58.2 Å². The first-order valence-corrected chi connectivity index (χ1v) is 10.0. The quantitative estimate of drug-likeness (QED) is 0.645. The van der Waals surface area contributed by atoms with E-state index in [1.54, 1.807) is 11.4 Å². The molecule has 0 aliphatic rings. The molecule has 2 N–H and O–H groups in total. The number of nitrogens with one attached hydrogen (secondary N) is 2. The Labute approximate surface area is 133 Å². The third-order valence-corrected chi connectivity index (χ3v) is 5.88. The summed E-state index contributed by atoms with van der Waals surface area (Å²) in [5, 5.41) is 5.02. The van der Waals surface area contributed by atoms with Crippen LogP contribution in [0, 0.1) is 0 Å². The number of sulfonamides is 1. The number of hydrogen-bond acceptors (Lipinski definition) is 4. The van der Waals surface area contributed by atoms with Crippen molar-refractivity contribution in [2.45, 2.75) is 76.9 Å². The molecule has 21 heavy (non-hydrogen) atoms. The van der Waals surface area contributed by atoms with Gasteiger partial charge in [0.15, 0.2) is 0 Å². The van der Waals surface area contributed by atoms with Gasteiger partial charge in [0, 0.05) is 28.9 Å². The molecule has 1 atom stereocenters. The molecule has 0 saturated carbocycles. The van der Waals surface area contributed by atoms with Gasteiger partial charge in [-0.25, -0.2) is 13.1 Å². The molecule has 1 rings (SSSR count). The van der Waals surface area contributed by atoms with E-state index in [-0.39, 0.29) is 6.04 Å². The van der Waals surface area contributed by atoms with E-state index in [9.17, 15) is 8.42 Å². The Morgan fingerprint density at radius 1 is 1.24 bits per heavy atom. The maximum Gasteiger partial charge on any atom is 0.241 e. The molecule has 0 radical (unpaired) electrons. The molecule has 0 amide bonds. The zero-order chi connectivity index (χ0) is 15.9. The second-order valence-corrected chi connectivity index (χ2v) is 8.51. The van der Waals surface area contributed by atoms with Gasteiger partial charge in [-0.15, -0.1) is 11.3 Å². The van der Waals surface area contributed by atoms with Gasteiger partial charge in [-0.05, 0) is 19.4 Å². The summed E-state index contributed by atoms with van der Waals surface area (Å²) < 4.78 is 27.4. The monoisotopic (exact) mass is 332 g/mol. The highest BCUT2D eigenvalue weighted by molar-refractivity contribution is 7.89. The van der Waals surface area contributed by atoms with Gasteiger partial charge in [0.2, 0.25) is 10.0 Å². The van der Waals surface area contributed by atoms with E-state index in [0.717, 1.165) is 30.6 Å². The second kappa shape index (κ2) is 8.88. The van der Waals surface area contributed by atoms with Crippen LogP contribution in [0.4, 0.5) is 0 Å². The minimum absolute atomic E-state index is 0.0151. The van der Waals surface area contributed by atoms with Crippen molar-refractivity contribution in [3.05, 3.63) is 16.3 Å². The Hall–Kier alpha value is -0.430. The lowest BCUT2D eigenvalue weighted by atomic mass is 10.1. The van der Waals surface area contributed by atoms with Crippen molar-refractivity contribution in [2.75, 3.05) is 0 Å². The second-order valence-electron chi connectivity index (χ2n) is 5.80. The summed E-state index contributed by atoms with van der Waals surface area (Å²) in [5.41, 5.74) is 0. The summed E-state index contributed by atoms with van der Waals surface area (Å²) in [5.74, 6) is 0. The molecule has 4 nitrogen and oxygen atoms in total. The Morgan fingerprint density at radius 3 is 2.57 bits per heavy atom. The predicted molar refractivity (Wildman–Crippen MR) is 90.2 cm³/mol. The van der Waals surface area contributed by atoms with Gasteiger partial charge in [-0.3, -0.25) is 0 Å². The first-order valence-electron chi connectivity index (χ1n) is 7.68. The number of thiophene rings is 1. The van der Waals surface area contributed by atoms with E-state index in [0.29, 0.717) is 17.5 Å². The van der Waals surface area contributed by atoms with E-state index in [1.165, 1.54) is 11.3 Å². The van der Waals surface area contributed by atoms with E-state index in [2.05, 4.69) is 30.8 Å². The maximum atomic E-state index is 12.3. The van der Waals surface area contributed by atoms with Crippen LogP contribution < -0.4 is 10.0 Å². The van der Waals surface area contributed by atoms with Crippen molar-refractivity contribution in [3.63, 3.8) is 0 Å². The molecular formula is C15H28N2O2S2. The van der Waals surface area contributed by atoms with Gasteiger partial charge in [-0.2, -0.15) is 0 Å². The average Bonchev–Trinajstić information content (AvgIpc) is 2.85. The summed E-state index contributed by atoms with van der Waals surface area (Å²) in [6.45, 7) is 8.94. The first-order chi connectivity index (χ1) is 9.85. The third kappa shape index (κ3) is 6.91. The fourth-order valence-electron chi connectivity index (χ4n) is 1.99. The van der Waals surface area contributed by atoms with Crippen LogP contribution in [0.1, 0.15) is 58.3 Å². The molecule has 6 heteroatoms. The van der Waals surface area contributed by atoms with Gasteiger partial charge >= 0.3 is 0 Å². The summed E-state index contributed by atoms with van der Waals surface area (Å²) in [7, 11) is -3.38. The van der Waals surface area contributed by atoms with Crippen molar-refractivity contribution in [1.29, 1.82) is 0 Å². The lowest BCUT2D eigenvalue weighted by Gasteiger charge is -2.13. The van der Waals surface area contributed by atoms with Gasteiger partial charge in [-0.1, -0.05) is 40.0 Å². The van der Waals surface area contributed by atoms with Gasteiger partial charge in [0.25, 0.3) is 0 Å². The number of hydrogen-bond donors (Lipinski definition) is 2. The predicted octanol–water partition coefficient (Wildman–Crippen LogP) is 3.49. The molecule has 0 aliphatic heterocycles. The van der Waals surface area contributed by atoms with Gasteiger partial charge in [0.1, 0.15) is 0 Å². The minimum Gasteiger partial charge on any atom is -0.310 e. The maximum absolute atomic E-state index is 12.3. The van der Waals surface area contributed by atoms with Crippen molar-refractivity contribution in [3.8, 4) is 0 Å². The van der Waals surface area contributed by atoms with Crippen LogP contribution in [-0.4, -0.2) is 20.5 Å². The summed E-state index contributed by atoms with van der Waals surface area (Å²) in [6.07, 6.45) is 4.25. The fraction of sp³-hybridized carbons (Fsp3) is 0.733. The van der Waals surface area contributed by atoms with E-state index in [1.807, 2.05) is 6.92 Å². The number of unbranched alkanes of at least 4 members (excludes halogenated alkanes) is 2. The SMILES string of the molecule is CCCCCC(C)NS(=O)(=O)c1csc(CNC(C)C)c1. The van der Waals surface area contributed by atoms with Crippen LogP contribution in [0.15, 0.2) is 16.3 Å². The van der Waals surface area contributed by atoms with Crippen LogP contribution in [0.5, 0.6) is 0 Å². The Kier molecular flexibility index (Phi) is 7.87. The molecule has 0 spiro atoms. The molecule has 0 aromatic carbocycles. The molecule has 1 unspecified atom stereocenters. The molecule has 0 fully saturated rings. The molecule has 0 bridgehead atoms.